The highest BCUT2D eigenvalue weighted by Crippen LogP contribution is 2.41. The normalized spacial score (nSPS) is 27.9. The number of carbonyl (C=O) groups is 2. The van der Waals surface area contributed by atoms with Gasteiger partial charge in [-0.2, -0.15) is 0 Å². The molecular weight excluding hydrogens is 372 g/mol. The van der Waals surface area contributed by atoms with Gasteiger partial charge in [-0.3, -0.25) is 9.59 Å². The molecule has 146 valence electrons. The summed E-state index contributed by atoms with van der Waals surface area (Å²) in [6, 6.07) is 10.1. The summed E-state index contributed by atoms with van der Waals surface area (Å²) in [6.45, 7) is 4.87. The first-order valence-corrected chi connectivity index (χ1v) is 10.8. The molecule has 5 heterocycles. The van der Waals surface area contributed by atoms with Gasteiger partial charge in [0.05, 0.1) is 4.88 Å². The highest BCUT2D eigenvalue weighted by atomic mass is 32.1. The standard InChI is InChI=1S/C22H24N2O3S/c1-13(25)19-5-6-20(28-19)16-4-2-3-15-11-18(27-21(15)16)22(26)23-17-12-24-9-7-14(17)8-10-24/h2-6,14,17-18H,7-12H2,1H3,(H,23,26)/t17-,18?/m0/s1. The van der Waals surface area contributed by atoms with Gasteiger partial charge in [-0.05, 0) is 62.5 Å². The van der Waals surface area contributed by atoms with Crippen molar-refractivity contribution in [3.05, 3.63) is 40.8 Å². The van der Waals surface area contributed by atoms with Crippen LogP contribution in [0, 0.1) is 5.92 Å². The molecule has 0 saturated carbocycles. The van der Waals surface area contributed by atoms with E-state index >= 15 is 0 Å². The third-order valence-corrected chi connectivity index (χ3v) is 7.48. The van der Waals surface area contributed by atoms with E-state index in [-0.39, 0.29) is 17.7 Å². The van der Waals surface area contributed by atoms with E-state index in [1.807, 2.05) is 30.3 Å². The minimum atomic E-state index is -0.473. The Morgan fingerprint density at radius 1 is 1.18 bits per heavy atom. The first-order valence-electron chi connectivity index (χ1n) is 10.0. The zero-order chi connectivity index (χ0) is 19.3. The molecule has 0 spiro atoms. The first kappa shape index (κ1) is 17.9. The van der Waals surface area contributed by atoms with Crippen molar-refractivity contribution in [2.45, 2.75) is 38.3 Å². The highest BCUT2D eigenvalue weighted by Gasteiger charge is 2.38. The number of Topliss-reactive ketones (excluding diaryl/α,β-unsaturated/α-hetero) is 1. The van der Waals surface area contributed by atoms with Gasteiger partial charge in [0, 0.05) is 29.4 Å². The van der Waals surface area contributed by atoms with Gasteiger partial charge in [0.2, 0.25) is 0 Å². The van der Waals surface area contributed by atoms with Crippen LogP contribution in [0.25, 0.3) is 10.4 Å². The van der Waals surface area contributed by atoms with Crippen molar-refractivity contribution in [3.63, 3.8) is 0 Å². The van der Waals surface area contributed by atoms with Crippen LogP contribution >= 0.6 is 11.3 Å². The van der Waals surface area contributed by atoms with Gasteiger partial charge in [-0.25, -0.2) is 0 Å². The number of ether oxygens (including phenoxy) is 1. The molecule has 2 atom stereocenters. The van der Waals surface area contributed by atoms with Crippen LogP contribution in [-0.4, -0.2) is 48.4 Å². The van der Waals surface area contributed by atoms with Crippen molar-refractivity contribution in [2.75, 3.05) is 19.6 Å². The van der Waals surface area contributed by atoms with Gasteiger partial charge in [0.15, 0.2) is 11.9 Å². The quantitative estimate of drug-likeness (QED) is 0.807. The molecule has 3 fully saturated rings. The fraction of sp³-hybridized carbons (Fsp3) is 0.455. The second-order valence-corrected chi connectivity index (χ2v) is 9.16. The Morgan fingerprint density at radius 3 is 2.68 bits per heavy atom. The Morgan fingerprint density at radius 2 is 2.00 bits per heavy atom. The Hall–Kier alpha value is -2.18. The number of hydrogen-bond donors (Lipinski definition) is 1. The number of nitrogens with zero attached hydrogens (tertiary/aromatic N) is 1. The van der Waals surface area contributed by atoms with Crippen LogP contribution in [0.4, 0.5) is 0 Å². The molecule has 0 aliphatic carbocycles. The number of hydrogen-bond acceptors (Lipinski definition) is 5. The molecule has 1 N–H and O–H groups in total. The minimum absolute atomic E-state index is 0.00324. The number of thiophene rings is 1. The van der Waals surface area contributed by atoms with Gasteiger partial charge in [-0.1, -0.05) is 12.1 Å². The van der Waals surface area contributed by atoms with Crippen LogP contribution in [-0.2, 0) is 11.2 Å². The molecular formula is C22H24N2O3S. The molecule has 1 unspecified atom stereocenters. The van der Waals surface area contributed by atoms with E-state index in [1.54, 1.807) is 6.92 Å². The molecule has 1 aromatic carbocycles. The van der Waals surface area contributed by atoms with E-state index in [2.05, 4.69) is 10.2 Å². The summed E-state index contributed by atoms with van der Waals surface area (Å²) < 4.78 is 6.14. The smallest absolute Gasteiger partial charge is 0.261 e. The summed E-state index contributed by atoms with van der Waals surface area (Å²) in [5, 5.41) is 3.26. The largest absolute Gasteiger partial charge is 0.479 e. The molecule has 2 aromatic rings. The number of ketones is 1. The van der Waals surface area contributed by atoms with Crippen molar-refractivity contribution in [3.8, 4) is 16.2 Å². The lowest BCUT2D eigenvalue weighted by Gasteiger charge is -2.45. The van der Waals surface area contributed by atoms with Crippen LogP contribution in [0.3, 0.4) is 0 Å². The van der Waals surface area contributed by atoms with Crippen molar-refractivity contribution >= 4 is 23.0 Å². The number of amides is 1. The molecule has 3 saturated heterocycles. The lowest BCUT2D eigenvalue weighted by atomic mass is 9.84. The van der Waals surface area contributed by atoms with Crippen LogP contribution in [0.1, 0.15) is 35.0 Å². The van der Waals surface area contributed by atoms with Crippen molar-refractivity contribution in [2.24, 2.45) is 5.92 Å². The molecule has 5 nitrogen and oxygen atoms in total. The van der Waals surface area contributed by atoms with Crippen molar-refractivity contribution in [1.82, 2.24) is 10.2 Å². The van der Waals surface area contributed by atoms with E-state index in [0.29, 0.717) is 12.3 Å². The molecule has 4 aliphatic rings. The second kappa shape index (κ2) is 7.01. The van der Waals surface area contributed by atoms with Gasteiger partial charge in [0.1, 0.15) is 5.75 Å². The molecule has 0 radical (unpaired) electrons. The van der Waals surface area contributed by atoms with Gasteiger partial charge >= 0.3 is 0 Å². The maximum Gasteiger partial charge on any atom is 0.261 e. The molecule has 4 aliphatic heterocycles. The van der Waals surface area contributed by atoms with E-state index < -0.39 is 6.10 Å². The summed E-state index contributed by atoms with van der Waals surface area (Å²) in [6.07, 6.45) is 2.48. The van der Waals surface area contributed by atoms with Crippen LogP contribution in [0.15, 0.2) is 30.3 Å². The minimum Gasteiger partial charge on any atom is -0.479 e. The zero-order valence-electron chi connectivity index (χ0n) is 15.9. The van der Waals surface area contributed by atoms with E-state index in [0.717, 1.165) is 46.3 Å². The Balaban J connectivity index is 1.32. The fourth-order valence-corrected chi connectivity index (χ4v) is 5.61. The Bertz CT molecular complexity index is 930. The first-order chi connectivity index (χ1) is 13.6. The molecule has 1 amide bonds. The highest BCUT2D eigenvalue weighted by molar-refractivity contribution is 7.17. The number of carbonyl (C=O) groups excluding carboxylic acids is 2. The molecule has 2 bridgehead atoms. The Kier molecular flexibility index (Phi) is 4.48. The average molecular weight is 397 g/mol. The van der Waals surface area contributed by atoms with E-state index in [1.165, 1.54) is 24.2 Å². The number of benzene rings is 1. The van der Waals surface area contributed by atoms with E-state index in [9.17, 15) is 9.59 Å². The Labute approximate surface area is 168 Å². The monoisotopic (exact) mass is 396 g/mol. The summed E-state index contributed by atoms with van der Waals surface area (Å²) in [5.74, 6) is 1.45. The number of fused-ring (bicyclic) bond motifs is 4. The molecule has 6 heteroatoms. The molecule has 6 rings (SSSR count). The van der Waals surface area contributed by atoms with Gasteiger partial charge in [-0.15, -0.1) is 11.3 Å². The van der Waals surface area contributed by atoms with Crippen LogP contribution < -0.4 is 10.1 Å². The number of piperidine rings is 3. The molecule has 1 aromatic heterocycles. The number of rotatable bonds is 4. The second-order valence-electron chi connectivity index (χ2n) is 8.08. The maximum atomic E-state index is 12.9. The summed E-state index contributed by atoms with van der Waals surface area (Å²) in [7, 11) is 0. The van der Waals surface area contributed by atoms with Crippen LogP contribution in [0.5, 0.6) is 5.75 Å². The summed E-state index contributed by atoms with van der Waals surface area (Å²) in [4.78, 5) is 28.7. The van der Waals surface area contributed by atoms with Gasteiger partial charge in [0.25, 0.3) is 5.91 Å². The summed E-state index contributed by atoms with van der Waals surface area (Å²) >= 11 is 1.47. The predicted octanol–water partition coefficient (Wildman–Crippen LogP) is 3.13. The number of para-hydroxylation sites is 1. The third-order valence-electron chi connectivity index (χ3n) is 6.26. The predicted molar refractivity (Wildman–Crippen MR) is 109 cm³/mol. The van der Waals surface area contributed by atoms with Gasteiger partial charge < -0.3 is 15.0 Å². The van der Waals surface area contributed by atoms with Crippen molar-refractivity contribution in [1.29, 1.82) is 0 Å². The van der Waals surface area contributed by atoms with Crippen LogP contribution in [0.2, 0.25) is 0 Å². The van der Waals surface area contributed by atoms with Crippen molar-refractivity contribution < 1.29 is 14.3 Å². The van der Waals surface area contributed by atoms with E-state index in [4.69, 9.17) is 4.74 Å². The summed E-state index contributed by atoms with van der Waals surface area (Å²) in [5.41, 5.74) is 2.03. The fourth-order valence-electron chi connectivity index (χ4n) is 4.68. The lowest BCUT2D eigenvalue weighted by Crippen LogP contribution is -2.58. The average Bonchev–Trinajstić information content (AvgIpc) is 3.36. The topological polar surface area (TPSA) is 58.6 Å². The third kappa shape index (κ3) is 3.14. The maximum absolute atomic E-state index is 12.9. The SMILES string of the molecule is CC(=O)c1ccc(-c2cccc3c2OC(C(=O)N[C@H]2CN4CCC2CC4)C3)s1. The lowest BCUT2D eigenvalue weighted by molar-refractivity contribution is -0.129. The molecule has 28 heavy (non-hydrogen) atoms. The number of nitrogens with one attached hydrogen (secondary N) is 1. The zero-order valence-corrected chi connectivity index (χ0v) is 16.8.